The van der Waals surface area contributed by atoms with E-state index in [-0.39, 0.29) is 0 Å². The summed E-state index contributed by atoms with van der Waals surface area (Å²) in [5.74, 6) is 0.640. The second-order valence-electron chi connectivity index (χ2n) is 2.74. The van der Waals surface area contributed by atoms with Crippen molar-refractivity contribution in [1.82, 2.24) is 4.90 Å². The predicted octanol–water partition coefficient (Wildman–Crippen LogP) is 2.55. The van der Waals surface area contributed by atoms with E-state index >= 15 is 0 Å². The zero-order valence-electron chi connectivity index (χ0n) is 6.80. The minimum Gasteiger partial charge on any atom is -0.305 e. The average molecular weight is 190 g/mol. The second-order valence-corrected chi connectivity index (χ2v) is 4.01. The van der Waals surface area contributed by atoms with Gasteiger partial charge in [0.15, 0.2) is 0 Å². The van der Waals surface area contributed by atoms with E-state index in [1.165, 1.54) is 10.4 Å². The summed E-state index contributed by atoms with van der Waals surface area (Å²) in [5, 5.41) is 2.09. The Morgan fingerprint density at radius 3 is 2.82 bits per heavy atom. The molecular weight excluding hydrogens is 178 g/mol. The van der Waals surface area contributed by atoms with Gasteiger partial charge in [-0.25, -0.2) is 0 Å². The first kappa shape index (κ1) is 9.04. The van der Waals surface area contributed by atoms with E-state index in [2.05, 4.69) is 30.4 Å². The van der Waals surface area contributed by atoms with Crippen molar-refractivity contribution in [2.24, 2.45) is 0 Å². The minimum atomic E-state index is 0.640. The second kappa shape index (κ2) is 4.10. The largest absolute Gasteiger partial charge is 0.305 e. The normalized spacial score (nSPS) is 10.9. The van der Waals surface area contributed by atoms with E-state index in [4.69, 9.17) is 11.6 Å². The fraction of sp³-hybridized carbons (Fsp3) is 0.500. The summed E-state index contributed by atoms with van der Waals surface area (Å²) in [4.78, 5) is 3.44. The standard InChI is InChI=1S/C8H12ClNS/c1-10(2)6-7-3-4-11-8(7)5-9/h3-4H,5-6H2,1-2H3. The van der Waals surface area contributed by atoms with Gasteiger partial charge in [0.05, 0.1) is 5.88 Å². The van der Waals surface area contributed by atoms with Gasteiger partial charge in [-0.1, -0.05) is 0 Å². The summed E-state index contributed by atoms with van der Waals surface area (Å²) in [6.07, 6.45) is 0. The van der Waals surface area contributed by atoms with Gasteiger partial charge in [-0.15, -0.1) is 22.9 Å². The number of halogens is 1. The first-order valence-electron chi connectivity index (χ1n) is 3.50. The number of hydrogen-bond donors (Lipinski definition) is 0. The first-order chi connectivity index (χ1) is 5.24. The smallest absolute Gasteiger partial charge is 0.0571 e. The molecule has 0 atom stereocenters. The fourth-order valence-corrected chi connectivity index (χ4v) is 2.07. The van der Waals surface area contributed by atoms with Gasteiger partial charge >= 0.3 is 0 Å². The van der Waals surface area contributed by atoms with Gasteiger partial charge in [-0.2, -0.15) is 0 Å². The Kier molecular flexibility index (Phi) is 3.37. The van der Waals surface area contributed by atoms with Crippen molar-refractivity contribution in [2.45, 2.75) is 12.4 Å². The number of nitrogens with zero attached hydrogens (tertiary/aromatic N) is 1. The Hall–Kier alpha value is -0.0500. The lowest BCUT2D eigenvalue weighted by Gasteiger charge is -2.08. The van der Waals surface area contributed by atoms with Crippen LogP contribution < -0.4 is 0 Å². The topological polar surface area (TPSA) is 3.24 Å². The van der Waals surface area contributed by atoms with Crippen LogP contribution in [0.3, 0.4) is 0 Å². The molecular formula is C8H12ClNS. The fourth-order valence-electron chi connectivity index (χ4n) is 0.966. The number of hydrogen-bond acceptors (Lipinski definition) is 2. The van der Waals surface area contributed by atoms with E-state index in [1.807, 2.05) is 0 Å². The van der Waals surface area contributed by atoms with Crippen LogP contribution in [0.5, 0.6) is 0 Å². The van der Waals surface area contributed by atoms with E-state index in [0.717, 1.165) is 6.54 Å². The van der Waals surface area contributed by atoms with Crippen LogP contribution >= 0.6 is 22.9 Å². The van der Waals surface area contributed by atoms with Crippen LogP contribution in [0.4, 0.5) is 0 Å². The molecule has 11 heavy (non-hydrogen) atoms. The van der Waals surface area contributed by atoms with Crippen molar-refractivity contribution in [3.05, 3.63) is 21.9 Å². The van der Waals surface area contributed by atoms with Crippen LogP contribution in [0.2, 0.25) is 0 Å². The Bertz CT molecular complexity index is 220. The Labute approximate surface area is 76.6 Å². The SMILES string of the molecule is CN(C)Cc1ccsc1CCl. The van der Waals surface area contributed by atoms with Crippen molar-refractivity contribution in [2.75, 3.05) is 14.1 Å². The van der Waals surface area contributed by atoms with E-state index in [1.54, 1.807) is 11.3 Å². The lowest BCUT2D eigenvalue weighted by Crippen LogP contribution is -2.10. The van der Waals surface area contributed by atoms with Gasteiger partial charge < -0.3 is 4.90 Å². The van der Waals surface area contributed by atoms with E-state index in [0.29, 0.717) is 5.88 Å². The van der Waals surface area contributed by atoms with Crippen molar-refractivity contribution >= 4 is 22.9 Å². The van der Waals surface area contributed by atoms with Gasteiger partial charge in [0.25, 0.3) is 0 Å². The average Bonchev–Trinajstić information content (AvgIpc) is 2.34. The zero-order chi connectivity index (χ0) is 8.27. The molecule has 0 amide bonds. The van der Waals surface area contributed by atoms with Crippen LogP contribution in [-0.2, 0) is 12.4 Å². The molecule has 0 fully saturated rings. The van der Waals surface area contributed by atoms with Gasteiger partial charge in [0, 0.05) is 11.4 Å². The monoisotopic (exact) mass is 189 g/mol. The molecule has 0 aliphatic carbocycles. The summed E-state index contributed by atoms with van der Waals surface area (Å²) in [7, 11) is 4.13. The van der Waals surface area contributed by atoms with E-state index in [9.17, 15) is 0 Å². The van der Waals surface area contributed by atoms with Gasteiger partial charge in [-0.3, -0.25) is 0 Å². The highest BCUT2D eigenvalue weighted by atomic mass is 35.5. The summed E-state index contributed by atoms with van der Waals surface area (Å²) in [5.41, 5.74) is 1.36. The lowest BCUT2D eigenvalue weighted by atomic mass is 10.2. The van der Waals surface area contributed by atoms with Crippen LogP contribution in [0.15, 0.2) is 11.4 Å². The van der Waals surface area contributed by atoms with Crippen LogP contribution in [-0.4, -0.2) is 19.0 Å². The molecule has 62 valence electrons. The molecule has 1 aromatic rings. The minimum absolute atomic E-state index is 0.640. The molecule has 0 N–H and O–H groups in total. The predicted molar refractivity (Wildman–Crippen MR) is 51.3 cm³/mol. The summed E-state index contributed by atoms with van der Waals surface area (Å²) in [6.45, 7) is 0.992. The molecule has 0 bridgehead atoms. The van der Waals surface area contributed by atoms with Gasteiger partial charge in [0.2, 0.25) is 0 Å². The maximum Gasteiger partial charge on any atom is 0.0571 e. The summed E-state index contributed by atoms with van der Waals surface area (Å²) >= 11 is 7.48. The van der Waals surface area contributed by atoms with Crippen molar-refractivity contribution in [1.29, 1.82) is 0 Å². The molecule has 0 spiro atoms. The van der Waals surface area contributed by atoms with Crippen molar-refractivity contribution in [3.8, 4) is 0 Å². The van der Waals surface area contributed by atoms with Crippen molar-refractivity contribution in [3.63, 3.8) is 0 Å². The molecule has 3 heteroatoms. The molecule has 0 aliphatic heterocycles. The maximum atomic E-state index is 5.75. The van der Waals surface area contributed by atoms with Crippen LogP contribution in [0, 0.1) is 0 Å². The highest BCUT2D eigenvalue weighted by Crippen LogP contribution is 2.19. The third-order valence-electron chi connectivity index (χ3n) is 1.45. The molecule has 1 rings (SSSR count). The molecule has 0 saturated carbocycles. The molecule has 1 aromatic heterocycles. The maximum absolute atomic E-state index is 5.75. The van der Waals surface area contributed by atoms with Gasteiger partial charge in [-0.05, 0) is 31.1 Å². The highest BCUT2D eigenvalue weighted by Gasteiger charge is 2.02. The van der Waals surface area contributed by atoms with Crippen LogP contribution in [0.25, 0.3) is 0 Å². The number of alkyl halides is 1. The van der Waals surface area contributed by atoms with Crippen molar-refractivity contribution < 1.29 is 0 Å². The summed E-state index contributed by atoms with van der Waals surface area (Å²) in [6, 6.07) is 2.14. The third-order valence-corrected chi connectivity index (χ3v) is 2.83. The van der Waals surface area contributed by atoms with E-state index < -0.39 is 0 Å². The first-order valence-corrected chi connectivity index (χ1v) is 4.91. The summed E-state index contributed by atoms with van der Waals surface area (Å²) < 4.78 is 0. The molecule has 0 saturated heterocycles. The lowest BCUT2D eigenvalue weighted by molar-refractivity contribution is 0.402. The quantitative estimate of drug-likeness (QED) is 0.661. The molecule has 0 aromatic carbocycles. The Morgan fingerprint density at radius 1 is 1.55 bits per heavy atom. The molecule has 1 nitrogen and oxygen atoms in total. The highest BCUT2D eigenvalue weighted by molar-refractivity contribution is 7.10. The van der Waals surface area contributed by atoms with Gasteiger partial charge in [0.1, 0.15) is 0 Å². The molecule has 0 unspecified atom stereocenters. The molecule has 0 aliphatic rings. The zero-order valence-corrected chi connectivity index (χ0v) is 8.37. The Morgan fingerprint density at radius 2 is 2.27 bits per heavy atom. The van der Waals surface area contributed by atoms with Crippen LogP contribution in [0.1, 0.15) is 10.4 Å². The Balaban J connectivity index is 2.68. The molecule has 1 heterocycles. The number of rotatable bonds is 3. The number of thiophene rings is 1. The third kappa shape index (κ3) is 2.47. The molecule has 0 radical (unpaired) electrons.